The summed E-state index contributed by atoms with van der Waals surface area (Å²) >= 11 is 0. The maximum absolute atomic E-state index is 5.16. The lowest BCUT2D eigenvalue weighted by molar-refractivity contribution is 0.415. The van der Waals surface area contributed by atoms with E-state index in [9.17, 15) is 0 Å². The van der Waals surface area contributed by atoms with Crippen LogP contribution in [0.5, 0.6) is 5.75 Å². The fraction of sp³-hybridized carbons (Fsp3) is 0.150. The van der Waals surface area contributed by atoms with Gasteiger partial charge in [-0.2, -0.15) is 0 Å². The van der Waals surface area contributed by atoms with Gasteiger partial charge < -0.3 is 15.0 Å². The number of pyridine rings is 1. The number of H-pyrrole nitrogens is 1. The second-order valence-electron chi connectivity index (χ2n) is 6.17. The summed E-state index contributed by atoms with van der Waals surface area (Å²) in [7, 11) is 1.65. The van der Waals surface area contributed by atoms with Gasteiger partial charge in [0.2, 0.25) is 5.95 Å². The van der Waals surface area contributed by atoms with Crippen molar-refractivity contribution in [1.29, 1.82) is 0 Å². The van der Waals surface area contributed by atoms with Crippen LogP contribution in [0.3, 0.4) is 0 Å². The quantitative estimate of drug-likeness (QED) is 0.572. The highest BCUT2D eigenvalue weighted by molar-refractivity contribution is 5.80. The number of methoxy groups -OCH3 is 1. The Morgan fingerprint density at radius 1 is 1.04 bits per heavy atom. The van der Waals surface area contributed by atoms with Crippen LogP contribution >= 0.6 is 0 Å². The molecule has 2 N–H and O–H groups in total. The first-order valence-electron chi connectivity index (χ1n) is 8.36. The van der Waals surface area contributed by atoms with Gasteiger partial charge in [-0.3, -0.25) is 0 Å². The van der Waals surface area contributed by atoms with Crippen molar-refractivity contribution < 1.29 is 4.74 Å². The Morgan fingerprint density at radius 2 is 1.81 bits per heavy atom. The zero-order chi connectivity index (χ0) is 17.9. The molecule has 0 aliphatic rings. The molecule has 0 amide bonds. The molecule has 4 rings (SSSR count). The summed E-state index contributed by atoms with van der Waals surface area (Å²) in [5.74, 6) is 1.38. The highest BCUT2D eigenvalue weighted by atomic mass is 16.5. The van der Waals surface area contributed by atoms with Gasteiger partial charge in [0.05, 0.1) is 7.11 Å². The molecule has 0 saturated carbocycles. The summed E-state index contributed by atoms with van der Waals surface area (Å²) in [5, 5.41) is 4.33. The number of benzene rings is 1. The maximum atomic E-state index is 5.16. The van der Waals surface area contributed by atoms with E-state index in [1.165, 1.54) is 5.56 Å². The predicted octanol–water partition coefficient (Wildman–Crippen LogP) is 4.00. The number of aryl methyl sites for hydroxylation is 1. The monoisotopic (exact) mass is 345 g/mol. The van der Waals surface area contributed by atoms with E-state index in [4.69, 9.17) is 4.74 Å². The SMILES string of the molecule is COc1ccc(Nc2ncc(Cc3c[nH]c4ncc(C)cc34)cn2)cc1. The molecule has 130 valence electrons. The average molecular weight is 345 g/mol. The summed E-state index contributed by atoms with van der Waals surface area (Å²) in [6.07, 6.45) is 8.32. The lowest BCUT2D eigenvalue weighted by atomic mass is 10.1. The summed E-state index contributed by atoms with van der Waals surface area (Å²) in [5.41, 5.74) is 5.21. The number of fused-ring (bicyclic) bond motifs is 1. The molecule has 0 unspecified atom stereocenters. The van der Waals surface area contributed by atoms with Crippen LogP contribution in [0, 0.1) is 6.92 Å². The fourth-order valence-electron chi connectivity index (χ4n) is 2.84. The fourth-order valence-corrected chi connectivity index (χ4v) is 2.84. The van der Waals surface area contributed by atoms with Crippen molar-refractivity contribution in [3.8, 4) is 5.75 Å². The average Bonchev–Trinajstić information content (AvgIpc) is 3.06. The number of aromatic nitrogens is 4. The molecular formula is C20H19N5O. The molecule has 0 atom stereocenters. The largest absolute Gasteiger partial charge is 0.497 e. The van der Waals surface area contributed by atoms with Gasteiger partial charge in [0.15, 0.2) is 0 Å². The van der Waals surface area contributed by atoms with Gasteiger partial charge in [-0.15, -0.1) is 0 Å². The molecule has 0 spiro atoms. The first kappa shape index (κ1) is 16.1. The number of hydrogen-bond donors (Lipinski definition) is 2. The second-order valence-corrected chi connectivity index (χ2v) is 6.17. The van der Waals surface area contributed by atoms with Crippen LogP contribution in [0.1, 0.15) is 16.7 Å². The zero-order valence-corrected chi connectivity index (χ0v) is 14.7. The molecule has 0 saturated heterocycles. The maximum Gasteiger partial charge on any atom is 0.227 e. The van der Waals surface area contributed by atoms with E-state index in [1.807, 2.05) is 56.0 Å². The molecule has 3 aromatic heterocycles. The minimum atomic E-state index is 0.565. The third-order valence-corrected chi connectivity index (χ3v) is 4.20. The smallest absolute Gasteiger partial charge is 0.227 e. The Bertz CT molecular complexity index is 1020. The Hall–Kier alpha value is -3.41. The minimum Gasteiger partial charge on any atom is -0.497 e. The molecule has 0 fully saturated rings. The van der Waals surface area contributed by atoms with Crippen LogP contribution < -0.4 is 10.1 Å². The number of rotatable bonds is 5. The summed E-state index contributed by atoms with van der Waals surface area (Å²) < 4.78 is 5.16. The molecule has 0 radical (unpaired) electrons. The Labute approximate surface area is 151 Å². The van der Waals surface area contributed by atoms with Gasteiger partial charge in [0.25, 0.3) is 0 Å². The Balaban J connectivity index is 1.49. The lowest BCUT2D eigenvalue weighted by Crippen LogP contribution is -1.98. The van der Waals surface area contributed by atoms with Crippen LogP contribution in [0.2, 0.25) is 0 Å². The van der Waals surface area contributed by atoms with Crippen LogP contribution in [0.15, 0.2) is 55.1 Å². The van der Waals surface area contributed by atoms with E-state index in [0.717, 1.165) is 40.0 Å². The van der Waals surface area contributed by atoms with Gasteiger partial charge in [-0.1, -0.05) is 0 Å². The number of aromatic amines is 1. The van der Waals surface area contributed by atoms with Crippen molar-refractivity contribution in [3.05, 3.63) is 71.8 Å². The van der Waals surface area contributed by atoms with Gasteiger partial charge in [-0.05, 0) is 53.9 Å². The van der Waals surface area contributed by atoms with Crippen LogP contribution in [0.4, 0.5) is 11.6 Å². The Morgan fingerprint density at radius 3 is 2.54 bits per heavy atom. The van der Waals surface area contributed by atoms with E-state index in [2.05, 4.69) is 31.3 Å². The van der Waals surface area contributed by atoms with E-state index in [0.29, 0.717) is 5.95 Å². The van der Waals surface area contributed by atoms with Crippen LogP contribution in [-0.4, -0.2) is 27.0 Å². The number of nitrogens with one attached hydrogen (secondary N) is 2. The third-order valence-electron chi connectivity index (χ3n) is 4.20. The van der Waals surface area contributed by atoms with E-state index in [-0.39, 0.29) is 0 Å². The Kier molecular flexibility index (Phi) is 4.23. The van der Waals surface area contributed by atoms with Crippen molar-refractivity contribution in [1.82, 2.24) is 19.9 Å². The molecule has 3 heterocycles. The zero-order valence-electron chi connectivity index (χ0n) is 14.7. The van der Waals surface area contributed by atoms with Crippen molar-refractivity contribution >= 4 is 22.7 Å². The molecule has 0 bridgehead atoms. The summed E-state index contributed by atoms with van der Waals surface area (Å²) in [6, 6.07) is 9.79. The van der Waals surface area contributed by atoms with Gasteiger partial charge >= 0.3 is 0 Å². The van der Waals surface area contributed by atoms with Gasteiger partial charge in [0.1, 0.15) is 11.4 Å². The summed E-state index contributed by atoms with van der Waals surface area (Å²) in [4.78, 5) is 16.5. The standard InChI is InChI=1S/C20H19N5O/c1-13-7-18-15(12-22-19(18)21-9-13)8-14-10-23-20(24-11-14)25-16-3-5-17(26-2)6-4-16/h3-7,9-12H,8H2,1-2H3,(H,21,22)(H,23,24,25). The van der Waals surface area contributed by atoms with Crippen molar-refractivity contribution in [2.75, 3.05) is 12.4 Å². The molecular weight excluding hydrogens is 326 g/mol. The molecule has 4 aromatic rings. The van der Waals surface area contributed by atoms with E-state index >= 15 is 0 Å². The number of nitrogens with zero attached hydrogens (tertiary/aromatic N) is 3. The van der Waals surface area contributed by atoms with Crippen molar-refractivity contribution in [3.63, 3.8) is 0 Å². The van der Waals surface area contributed by atoms with Gasteiger partial charge in [-0.25, -0.2) is 15.0 Å². The first-order valence-corrected chi connectivity index (χ1v) is 8.36. The number of ether oxygens (including phenoxy) is 1. The minimum absolute atomic E-state index is 0.565. The van der Waals surface area contributed by atoms with Crippen molar-refractivity contribution in [2.45, 2.75) is 13.3 Å². The molecule has 26 heavy (non-hydrogen) atoms. The highest BCUT2D eigenvalue weighted by Gasteiger charge is 2.07. The van der Waals surface area contributed by atoms with Crippen LogP contribution in [-0.2, 0) is 6.42 Å². The molecule has 6 heteroatoms. The number of hydrogen-bond acceptors (Lipinski definition) is 5. The second kappa shape index (κ2) is 6.84. The predicted molar refractivity (Wildman–Crippen MR) is 102 cm³/mol. The molecule has 0 aliphatic carbocycles. The normalized spacial score (nSPS) is 10.8. The van der Waals surface area contributed by atoms with E-state index < -0.39 is 0 Å². The summed E-state index contributed by atoms with van der Waals surface area (Å²) in [6.45, 7) is 2.05. The molecule has 6 nitrogen and oxygen atoms in total. The van der Waals surface area contributed by atoms with Crippen LogP contribution in [0.25, 0.3) is 11.0 Å². The number of anilines is 2. The van der Waals surface area contributed by atoms with E-state index in [1.54, 1.807) is 7.11 Å². The third kappa shape index (κ3) is 3.35. The highest BCUT2D eigenvalue weighted by Crippen LogP contribution is 2.21. The lowest BCUT2D eigenvalue weighted by Gasteiger charge is -2.06. The topological polar surface area (TPSA) is 75.7 Å². The van der Waals surface area contributed by atoms with Gasteiger partial charge in [0, 0.05) is 42.3 Å². The first-order chi connectivity index (χ1) is 12.7. The molecule has 0 aliphatic heterocycles. The van der Waals surface area contributed by atoms with Crippen molar-refractivity contribution in [2.24, 2.45) is 0 Å². The molecule has 1 aromatic carbocycles.